The number of hydrogen-bond acceptors (Lipinski definition) is 6. The largest absolute Gasteiger partial charge is 0.490 e. The Hall–Kier alpha value is -3.04. The van der Waals surface area contributed by atoms with Gasteiger partial charge in [-0.2, -0.15) is 4.98 Å². The second-order valence-electron chi connectivity index (χ2n) is 7.77. The number of likely N-dealkylation sites (N-methyl/N-ethyl adjacent to an activating group) is 1. The molecule has 0 unspecified atom stereocenters. The van der Waals surface area contributed by atoms with Gasteiger partial charge in [0.1, 0.15) is 17.5 Å². The first-order valence-corrected chi connectivity index (χ1v) is 9.70. The SMILES string of the molecule is Cc1nc(NC[C@H]2C[C@H](Oc3cc(F)c(F)c(F)c3)C2)nc2c1NC(=O)[C@H](C)N2C. The minimum absolute atomic E-state index is 0.0179. The van der Waals surface area contributed by atoms with Crippen LogP contribution in [0.4, 0.5) is 30.6 Å². The van der Waals surface area contributed by atoms with E-state index in [0.717, 1.165) is 12.1 Å². The summed E-state index contributed by atoms with van der Waals surface area (Å²) in [4.78, 5) is 22.7. The zero-order chi connectivity index (χ0) is 21.6. The third-order valence-electron chi connectivity index (χ3n) is 5.61. The van der Waals surface area contributed by atoms with E-state index in [4.69, 9.17) is 4.74 Å². The van der Waals surface area contributed by atoms with Crippen LogP contribution in [0.15, 0.2) is 12.1 Å². The lowest BCUT2D eigenvalue weighted by Crippen LogP contribution is -2.45. The lowest BCUT2D eigenvalue weighted by Gasteiger charge is -2.36. The fraction of sp³-hybridized carbons (Fsp3) is 0.450. The highest BCUT2D eigenvalue weighted by molar-refractivity contribution is 6.03. The maximum absolute atomic E-state index is 13.3. The van der Waals surface area contributed by atoms with Crippen LogP contribution in [0.1, 0.15) is 25.5 Å². The number of ether oxygens (including phenoxy) is 1. The highest BCUT2D eigenvalue weighted by Crippen LogP contribution is 2.34. The van der Waals surface area contributed by atoms with Crippen molar-refractivity contribution in [1.29, 1.82) is 0 Å². The zero-order valence-corrected chi connectivity index (χ0v) is 16.8. The van der Waals surface area contributed by atoms with E-state index in [9.17, 15) is 18.0 Å². The molecule has 1 aliphatic carbocycles. The van der Waals surface area contributed by atoms with Gasteiger partial charge < -0.3 is 20.3 Å². The minimum atomic E-state index is -1.50. The Balaban J connectivity index is 1.33. The molecule has 1 aromatic heterocycles. The van der Waals surface area contributed by atoms with Crippen LogP contribution < -0.4 is 20.3 Å². The number of carbonyl (C=O) groups is 1. The first-order chi connectivity index (χ1) is 14.2. The molecule has 2 aliphatic rings. The number of rotatable bonds is 5. The van der Waals surface area contributed by atoms with Crippen LogP contribution in [-0.2, 0) is 4.79 Å². The zero-order valence-electron chi connectivity index (χ0n) is 16.8. The Morgan fingerprint density at radius 2 is 1.90 bits per heavy atom. The summed E-state index contributed by atoms with van der Waals surface area (Å²) in [5.41, 5.74) is 1.28. The van der Waals surface area contributed by atoms with E-state index in [-0.39, 0.29) is 29.7 Å². The molecule has 30 heavy (non-hydrogen) atoms. The number of nitrogens with one attached hydrogen (secondary N) is 2. The summed E-state index contributed by atoms with van der Waals surface area (Å²) < 4.78 is 45.1. The summed E-state index contributed by atoms with van der Waals surface area (Å²) in [6.07, 6.45) is 1.18. The molecule has 2 aromatic rings. The van der Waals surface area contributed by atoms with E-state index >= 15 is 0 Å². The molecular weight excluding hydrogens is 399 g/mol. The number of benzene rings is 1. The molecular formula is C20H22F3N5O2. The summed E-state index contributed by atoms with van der Waals surface area (Å²) in [5.74, 6) is -2.74. The van der Waals surface area contributed by atoms with E-state index in [2.05, 4.69) is 20.6 Å². The number of aromatic nitrogens is 2. The standard InChI is InChI=1S/C20H22F3N5O2/c1-9-17-18(28(3)10(2)19(29)26-17)27-20(25-9)24-8-11-4-12(5-11)30-13-6-14(21)16(23)15(22)7-13/h6-7,10-12H,4-5,8H2,1-3H3,(H,26,29)(H,24,25,27)/t10-,11-,12-/m0/s1. The summed E-state index contributed by atoms with van der Waals surface area (Å²) in [5, 5.41) is 6.04. The molecule has 0 saturated heterocycles. The number of hydrogen-bond donors (Lipinski definition) is 2. The van der Waals surface area contributed by atoms with E-state index < -0.39 is 17.5 Å². The lowest BCUT2D eigenvalue weighted by molar-refractivity contribution is -0.117. The number of carbonyl (C=O) groups excluding carboxylic acids is 1. The van der Waals surface area contributed by atoms with Gasteiger partial charge in [-0.3, -0.25) is 4.79 Å². The Morgan fingerprint density at radius 1 is 1.23 bits per heavy atom. The van der Waals surface area contributed by atoms with Gasteiger partial charge in [0.15, 0.2) is 23.3 Å². The molecule has 160 valence electrons. The predicted molar refractivity (Wildman–Crippen MR) is 105 cm³/mol. The van der Waals surface area contributed by atoms with Crippen LogP contribution in [0.2, 0.25) is 0 Å². The molecule has 2 heterocycles. The smallest absolute Gasteiger partial charge is 0.246 e. The maximum Gasteiger partial charge on any atom is 0.246 e. The molecule has 1 fully saturated rings. The second kappa shape index (κ2) is 7.66. The fourth-order valence-corrected chi connectivity index (χ4v) is 3.59. The van der Waals surface area contributed by atoms with Gasteiger partial charge in [-0.05, 0) is 32.6 Å². The molecule has 1 saturated carbocycles. The number of amides is 1. The molecule has 1 amide bonds. The van der Waals surface area contributed by atoms with Gasteiger partial charge in [0.25, 0.3) is 0 Å². The molecule has 10 heteroatoms. The second-order valence-corrected chi connectivity index (χ2v) is 7.77. The average molecular weight is 421 g/mol. The van der Waals surface area contributed by atoms with Crippen molar-refractivity contribution in [2.45, 2.75) is 38.8 Å². The van der Waals surface area contributed by atoms with Crippen LogP contribution in [0.5, 0.6) is 5.75 Å². The van der Waals surface area contributed by atoms with Crippen molar-refractivity contribution in [3.63, 3.8) is 0 Å². The van der Waals surface area contributed by atoms with E-state index in [1.165, 1.54) is 0 Å². The molecule has 7 nitrogen and oxygen atoms in total. The average Bonchev–Trinajstić information content (AvgIpc) is 2.67. The van der Waals surface area contributed by atoms with Crippen molar-refractivity contribution in [3.05, 3.63) is 35.3 Å². The fourth-order valence-electron chi connectivity index (χ4n) is 3.59. The highest BCUT2D eigenvalue weighted by Gasteiger charge is 2.32. The number of aryl methyl sites for hydroxylation is 1. The number of fused-ring (bicyclic) bond motifs is 1. The van der Waals surface area contributed by atoms with Crippen LogP contribution in [0.25, 0.3) is 0 Å². The number of anilines is 3. The van der Waals surface area contributed by atoms with Crippen molar-refractivity contribution < 1.29 is 22.7 Å². The quantitative estimate of drug-likeness (QED) is 0.722. The Kier molecular flexibility index (Phi) is 5.17. The van der Waals surface area contributed by atoms with Crippen LogP contribution in [0, 0.1) is 30.3 Å². The van der Waals surface area contributed by atoms with E-state index in [1.807, 2.05) is 18.9 Å². The minimum Gasteiger partial charge on any atom is -0.490 e. The Bertz CT molecular complexity index is 974. The monoisotopic (exact) mass is 421 g/mol. The molecule has 1 atom stereocenters. The molecule has 2 N–H and O–H groups in total. The van der Waals surface area contributed by atoms with Gasteiger partial charge in [0.05, 0.1) is 11.8 Å². The van der Waals surface area contributed by atoms with Gasteiger partial charge in [-0.25, -0.2) is 18.2 Å². The van der Waals surface area contributed by atoms with E-state index in [1.54, 1.807) is 6.92 Å². The molecule has 0 radical (unpaired) electrons. The first kappa shape index (κ1) is 20.2. The van der Waals surface area contributed by atoms with Crippen LogP contribution >= 0.6 is 0 Å². The van der Waals surface area contributed by atoms with Crippen molar-refractivity contribution in [3.8, 4) is 5.75 Å². The Labute approximate surface area is 171 Å². The predicted octanol–water partition coefficient (Wildman–Crippen LogP) is 3.25. The summed E-state index contributed by atoms with van der Waals surface area (Å²) in [6.45, 7) is 4.22. The van der Waals surface area contributed by atoms with Gasteiger partial charge in [0, 0.05) is 25.7 Å². The molecule has 1 aliphatic heterocycles. The topological polar surface area (TPSA) is 79.4 Å². The molecule has 0 spiro atoms. The Morgan fingerprint density at radius 3 is 2.57 bits per heavy atom. The normalized spacial score (nSPS) is 22.8. The van der Waals surface area contributed by atoms with Gasteiger partial charge >= 0.3 is 0 Å². The third kappa shape index (κ3) is 3.73. The molecule has 4 rings (SSSR count). The lowest BCUT2D eigenvalue weighted by atomic mass is 9.82. The summed E-state index contributed by atoms with van der Waals surface area (Å²) in [6, 6.07) is 1.37. The molecule has 1 aromatic carbocycles. The third-order valence-corrected chi connectivity index (χ3v) is 5.61. The van der Waals surface area contributed by atoms with E-state index in [0.29, 0.717) is 42.5 Å². The van der Waals surface area contributed by atoms with Gasteiger partial charge in [-0.15, -0.1) is 0 Å². The van der Waals surface area contributed by atoms with Crippen LogP contribution in [0.3, 0.4) is 0 Å². The number of nitrogens with zero attached hydrogens (tertiary/aromatic N) is 3. The van der Waals surface area contributed by atoms with Crippen molar-refractivity contribution in [2.75, 3.05) is 29.1 Å². The summed E-state index contributed by atoms with van der Waals surface area (Å²) >= 11 is 0. The maximum atomic E-state index is 13.3. The van der Waals surface area contributed by atoms with Crippen LogP contribution in [-0.4, -0.2) is 41.6 Å². The van der Waals surface area contributed by atoms with Gasteiger partial charge in [0.2, 0.25) is 11.9 Å². The first-order valence-electron chi connectivity index (χ1n) is 9.70. The van der Waals surface area contributed by atoms with Crippen molar-refractivity contribution >= 4 is 23.4 Å². The van der Waals surface area contributed by atoms with Crippen molar-refractivity contribution in [1.82, 2.24) is 9.97 Å². The highest BCUT2D eigenvalue weighted by atomic mass is 19.2. The summed E-state index contributed by atoms with van der Waals surface area (Å²) in [7, 11) is 1.81. The van der Waals surface area contributed by atoms with Crippen molar-refractivity contribution in [2.24, 2.45) is 5.92 Å². The van der Waals surface area contributed by atoms with Gasteiger partial charge in [-0.1, -0.05) is 0 Å². The molecule has 0 bridgehead atoms. The number of halogens is 3.